The van der Waals surface area contributed by atoms with Gasteiger partial charge in [0.15, 0.2) is 5.82 Å². The number of nitrogens with one attached hydrogen (secondary N) is 1. The lowest BCUT2D eigenvalue weighted by Gasteiger charge is -2.22. The molecule has 3 heterocycles. The second kappa shape index (κ2) is 6.04. The van der Waals surface area contributed by atoms with Crippen LogP contribution < -0.4 is 4.90 Å². The van der Waals surface area contributed by atoms with Crippen LogP contribution in [0.25, 0.3) is 11.0 Å². The lowest BCUT2D eigenvalue weighted by Crippen LogP contribution is -2.25. The molecule has 0 aromatic carbocycles. The Kier molecular flexibility index (Phi) is 4.13. The fourth-order valence-electron chi connectivity index (χ4n) is 3.40. The summed E-state index contributed by atoms with van der Waals surface area (Å²) in [7, 11) is 0. The van der Waals surface area contributed by atoms with Gasteiger partial charge < -0.3 is 9.88 Å². The molecule has 114 valence electrons. The van der Waals surface area contributed by atoms with E-state index in [0.717, 1.165) is 48.6 Å². The van der Waals surface area contributed by atoms with Crippen molar-refractivity contribution in [2.24, 2.45) is 0 Å². The molecule has 0 unspecified atom stereocenters. The first-order chi connectivity index (χ1) is 10.2. The highest BCUT2D eigenvalue weighted by Gasteiger charge is 2.19. The Bertz CT molecular complexity index is 621. The molecule has 2 aromatic rings. The van der Waals surface area contributed by atoms with Crippen LogP contribution in [0.15, 0.2) is 0 Å². The maximum absolute atomic E-state index is 4.76. The third kappa shape index (κ3) is 2.76. The number of hydrogen-bond acceptors (Lipinski definition) is 3. The van der Waals surface area contributed by atoms with Crippen molar-refractivity contribution in [1.82, 2.24) is 15.0 Å². The minimum Gasteiger partial charge on any atom is -0.355 e. The van der Waals surface area contributed by atoms with Crippen molar-refractivity contribution in [3.8, 4) is 0 Å². The van der Waals surface area contributed by atoms with E-state index in [1.165, 1.54) is 36.9 Å². The van der Waals surface area contributed by atoms with Crippen LogP contribution in [0.4, 0.5) is 5.82 Å². The molecular formula is C17H26N4. The van der Waals surface area contributed by atoms with Crippen molar-refractivity contribution in [3.05, 3.63) is 17.1 Å². The molecule has 0 amide bonds. The monoisotopic (exact) mass is 286 g/mol. The highest BCUT2D eigenvalue weighted by Crippen LogP contribution is 2.30. The summed E-state index contributed by atoms with van der Waals surface area (Å²) in [5.41, 5.74) is 4.90. The molecule has 0 spiro atoms. The smallest absolute Gasteiger partial charge is 0.156 e. The first kappa shape index (κ1) is 14.4. The van der Waals surface area contributed by atoms with Crippen LogP contribution in [0, 0.1) is 13.8 Å². The Morgan fingerprint density at radius 3 is 2.43 bits per heavy atom. The maximum atomic E-state index is 4.76. The average molecular weight is 286 g/mol. The van der Waals surface area contributed by atoms with Crippen LogP contribution in [-0.4, -0.2) is 28.0 Å². The number of H-pyrrole nitrogens is 1. The molecule has 3 rings (SSSR count). The minimum absolute atomic E-state index is 0.887. The molecule has 1 saturated heterocycles. The summed E-state index contributed by atoms with van der Waals surface area (Å²) >= 11 is 0. The molecule has 1 aliphatic rings. The van der Waals surface area contributed by atoms with E-state index in [4.69, 9.17) is 9.97 Å². The summed E-state index contributed by atoms with van der Waals surface area (Å²) in [5.74, 6) is 2.00. The number of nitrogens with zero attached hydrogens (tertiary/aromatic N) is 3. The van der Waals surface area contributed by atoms with Gasteiger partial charge in [-0.25, -0.2) is 9.97 Å². The summed E-state index contributed by atoms with van der Waals surface area (Å²) in [6.07, 6.45) is 7.46. The summed E-state index contributed by atoms with van der Waals surface area (Å²) < 4.78 is 0. The maximum Gasteiger partial charge on any atom is 0.156 e. The zero-order chi connectivity index (χ0) is 14.8. The van der Waals surface area contributed by atoms with Crippen LogP contribution in [0.2, 0.25) is 0 Å². The number of rotatable bonds is 3. The summed E-state index contributed by atoms with van der Waals surface area (Å²) in [6, 6.07) is 0. The van der Waals surface area contributed by atoms with Gasteiger partial charge in [-0.05, 0) is 38.7 Å². The molecule has 4 heteroatoms. The molecular weight excluding hydrogens is 260 g/mol. The first-order valence-electron chi connectivity index (χ1n) is 8.31. The Morgan fingerprint density at radius 1 is 1.05 bits per heavy atom. The van der Waals surface area contributed by atoms with Crippen LogP contribution in [0.5, 0.6) is 0 Å². The van der Waals surface area contributed by atoms with Crippen LogP contribution in [0.1, 0.15) is 56.1 Å². The van der Waals surface area contributed by atoms with Gasteiger partial charge >= 0.3 is 0 Å². The fourth-order valence-corrected chi connectivity index (χ4v) is 3.40. The third-order valence-electron chi connectivity index (χ3n) is 4.46. The number of hydrogen-bond donors (Lipinski definition) is 1. The first-order valence-corrected chi connectivity index (χ1v) is 8.31. The molecule has 21 heavy (non-hydrogen) atoms. The van der Waals surface area contributed by atoms with Gasteiger partial charge in [-0.2, -0.15) is 0 Å². The van der Waals surface area contributed by atoms with Crippen molar-refractivity contribution in [1.29, 1.82) is 0 Å². The highest BCUT2D eigenvalue weighted by atomic mass is 15.2. The van der Waals surface area contributed by atoms with Crippen molar-refractivity contribution < 1.29 is 0 Å². The molecule has 0 bridgehead atoms. The van der Waals surface area contributed by atoms with Gasteiger partial charge in [0, 0.05) is 18.8 Å². The van der Waals surface area contributed by atoms with E-state index in [0.29, 0.717) is 0 Å². The van der Waals surface area contributed by atoms with E-state index in [1.807, 2.05) is 6.92 Å². The predicted octanol–water partition coefficient (Wildman–Crippen LogP) is 3.91. The number of aromatic amines is 1. The predicted molar refractivity (Wildman–Crippen MR) is 88.0 cm³/mol. The van der Waals surface area contributed by atoms with Gasteiger partial charge in [0.1, 0.15) is 11.3 Å². The van der Waals surface area contributed by atoms with E-state index in [2.05, 4.69) is 23.7 Å². The molecule has 0 atom stereocenters. The largest absolute Gasteiger partial charge is 0.355 e. The zero-order valence-electron chi connectivity index (χ0n) is 13.5. The van der Waals surface area contributed by atoms with Gasteiger partial charge in [0.25, 0.3) is 0 Å². The summed E-state index contributed by atoms with van der Waals surface area (Å²) in [4.78, 5) is 15.5. The SMILES string of the molecule is CCCc1c(C)[nH]c2c(N3CCCCCC3)nc(C)nc12. The second-order valence-corrected chi connectivity index (χ2v) is 6.20. The zero-order valence-corrected chi connectivity index (χ0v) is 13.5. The summed E-state index contributed by atoms with van der Waals surface area (Å²) in [6.45, 7) is 8.63. The molecule has 0 aliphatic carbocycles. The average Bonchev–Trinajstić information content (AvgIpc) is 2.68. The normalized spacial score (nSPS) is 16.4. The van der Waals surface area contributed by atoms with Gasteiger partial charge in [-0.3, -0.25) is 0 Å². The van der Waals surface area contributed by atoms with Crippen molar-refractivity contribution in [2.45, 2.75) is 59.3 Å². The van der Waals surface area contributed by atoms with Gasteiger partial charge in [-0.1, -0.05) is 26.2 Å². The van der Waals surface area contributed by atoms with E-state index in [1.54, 1.807) is 0 Å². The number of anilines is 1. The van der Waals surface area contributed by atoms with Crippen molar-refractivity contribution in [3.63, 3.8) is 0 Å². The Balaban J connectivity index is 2.11. The lowest BCUT2D eigenvalue weighted by molar-refractivity contribution is 0.726. The topological polar surface area (TPSA) is 44.8 Å². The molecule has 1 fully saturated rings. The quantitative estimate of drug-likeness (QED) is 0.930. The number of fused-ring (bicyclic) bond motifs is 1. The third-order valence-corrected chi connectivity index (χ3v) is 4.46. The van der Waals surface area contributed by atoms with E-state index >= 15 is 0 Å². The van der Waals surface area contributed by atoms with Crippen molar-refractivity contribution in [2.75, 3.05) is 18.0 Å². The van der Waals surface area contributed by atoms with Crippen LogP contribution >= 0.6 is 0 Å². The highest BCUT2D eigenvalue weighted by molar-refractivity contribution is 5.90. The van der Waals surface area contributed by atoms with Crippen molar-refractivity contribution >= 4 is 16.9 Å². The fraction of sp³-hybridized carbons (Fsp3) is 0.647. The van der Waals surface area contributed by atoms with E-state index in [9.17, 15) is 0 Å². The Labute approximate surface area is 127 Å². The molecule has 1 N–H and O–H groups in total. The minimum atomic E-state index is 0.887. The number of aromatic nitrogens is 3. The van der Waals surface area contributed by atoms with Gasteiger partial charge in [0.05, 0.1) is 5.52 Å². The molecule has 2 aromatic heterocycles. The molecule has 0 radical (unpaired) electrons. The Hall–Kier alpha value is -1.58. The van der Waals surface area contributed by atoms with Gasteiger partial charge in [0.2, 0.25) is 0 Å². The molecule has 4 nitrogen and oxygen atoms in total. The van der Waals surface area contributed by atoms with Gasteiger partial charge in [-0.15, -0.1) is 0 Å². The standard InChI is InChI=1S/C17H26N4/c1-4-9-14-12(2)18-16-15(14)19-13(3)20-17(16)21-10-7-5-6-8-11-21/h18H,4-11H2,1-3H3. The summed E-state index contributed by atoms with van der Waals surface area (Å²) in [5, 5.41) is 0. The lowest BCUT2D eigenvalue weighted by atomic mass is 10.1. The molecule has 0 saturated carbocycles. The molecule has 1 aliphatic heterocycles. The van der Waals surface area contributed by atoms with Crippen LogP contribution in [-0.2, 0) is 6.42 Å². The number of aryl methyl sites for hydroxylation is 3. The van der Waals surface area contributed by atoms with Crippen LogP contribution in [0.3, 0.4) is 0 Å². The second-order valence-electron chi connectivity index (χ2n) is 6.20. The Morgan fingerprint density at radius 2 is 1.76 bits per heavy atom. The van der Waals surface area contributed by atoms with E-state index in [-0.39, 0.29) is 0 Å². The van der Waals surface area contributed by atoms with E-state index < -0.39 is 0 Å².